The van der Waals surface area contributed by atoms with Gasteiger partial charge in [-0.1, -0.05) is 50.6 Å². The summed E-state index contributed by atoms with van der Waals surface area (Å²) in [5, 5.41) is 0. The van der Waals surface area contributed by atoms with Gasteiger partial charge in [-0.25, -0.2) is 0 Å². The summed E-state index contributed by atoms with van der Waals surface area (Å²) in [7, 11) is 0. The summed E-state index contributed by atoms with van der Waals surface area (Å²) in [6, 6.07) is 10.2. The Balaban J connectivity index is 2.62. The maximum atomic E-state index is 12.2. The van der Waals surface area contributed by atoms with E-state index < -0.39 is 0 Å². The summed E-state index contributed by atoms with van der Waals surface area (Å²) in [4.78, 5) is 14.1. The van der Waals surface area contributed by atoms with Crippen molar-refractivity contribution in [1.29, 1.82) is 0 Å². The Morgan fingerprint density at radius 2 is 1.88 bits per heavy atom. The third kappa shape index (κ3) is 4.22. The average molecular weight is 233 g/mol. The molecule has 94 valence electrons. The molecule has 0 N–H and O–H groups in total. The molecular formula is C15H23NO. The number of benzene rings is 1. The van der Waals surface area contributed by atoms with Crippen LogP contribution in [0.25, 0.3) is 0 Å². The normalized spacial score (nSPS) is 12.2. The quantitative estimate of drug-likeness (QED) is 0.736. The van der Waals surface area contributed by atoms with Crippen LogP contribution in [0, 0.1) is 5.92 Å². The number of nitrogens with zero attached hydrogens (tertiary/aromatic N) is 1. The van der Waals surface area contributed by atoms with Gasteiger partial charge in [0.15, 0.2) is 0 Å². The summed E-state index contributed by atoms with van der Waals surface area (Å²) in [6.07, 6.45) is 2.04. The summed E-state index contributed by atoms with van der Waals surface area (Å²) in [5.74, 6) is 0.418. The van der Waals surface area contributed by atoms with Crippen molar-refractivity contribution in [3.63, 3.8) is 0 Å². The van der Waals surface area contributed by atoms with Gasteiger partial charge in [-0.3, -0.25) is 4.79 Å². The van der Waals surface area contributed by atoms with Crippen molar-refractivity contribution in [2.24, 2.45) is 5.92 Å². The second kappa shape index (κ2) is 7.10. The third-order valence-corrected chi connectivity index (χ3v) is 3.05. The Bertz CT molecular complexity index is 334. The molecule has 0 saturated heterocycles. The maximum absolute atomic E-state index is 12.2. The lowest BCUT2D eigenvalue weighted by atomic mass is 10.0. The van der Waals surface area contributed by atoms with Crippen molar-refractivity contribution in [1.82, 2.24) is 4.90 Å². The first-order valence-electron chi connectivity index (χ1n) is 6.51. The zero-order valence-electron chi connectivity index (χ0n) is 11.1. The van der Waals surface area contributed by atoms with E-state index in [0.29, 0.717) is 0 Å². The Morgan fingerprint density at radius 1 is 1.24 bits per heavy atom. The first-order valence-corrected chi connectivity index (χ1v) is 6.51. The van der Waals surface area contributed by atoms with Crippen LogP contribution in [0.3, 0.4) is 0 Å². The first-order chi connectivity index (χ1) is 8.19. The van der Waals surface area contributed by atoms with Crippen molar-refractivity contribution in [2.75, 3.05) is 6.54 Å². The minimum absolute atomic E-state index is 0.142. The molecule has 1 aromatic rings. The number of carbonyl (C=O) groups is 1. The van der Waals surface area contributed by atoms with Crippen LogP contribution < -0.4 is 0 Å². The van der Waals surface area contributed by atoms with Crippen molar-refractivity contribution < 1.29 is 4.79 Å². The van der Waals surface area contributed by atoms with Crippen LogP contribution in [0.15, 0.2) is 30.3 Å². The van der Waals surface area contributed by atoms with Crippen LogP contribution in [0.5, 0.6) is 0 Å². The van der Waals surface area contributed by atoms with Gasteiger partial charge >= 0.3 is 0 Å². The number of amides is 1. The molecule has 0 heterocycles. The Hall–Kier alpha value is -1.31. The monoisotopic (exact) mass is 233 g/mol. The van der Waals surface area contributed by atoms with Crippen LogP contribution in [0.4, 0.5) is 0 Å². The predicted molar refractivity (Wildman–Crippen MR) is 71.6 cm³/mol. The Kier molecular flexibility index (Phi) is 5.75. The van der Waals surface area contributed by atoms with Crippen molar-refractivity contribution in [3.8, 4) is 0 Å². The molecule has 2 nitrogen and oxygen atoms in total. The summed E-state index contributed by atoms with van der Waals surface area (Å²) in [6.45, 7) is 7.70. The van der Waals surface area contributed by atoms with Crippen LogP contribution in [0.1, 0.15) is 39.2 Å². The fourth-order valence-electron chi connectivity index (χ4n) is 2.02. The number of rotatable bonds is 6. The molecule has 0 aromatic heterocycles. The van der Waals surface area contributed by atoms with Gasteiger partial charge in [0.1, 0.15) is 0 Å². The molecule has 0 spiro atoms. The van der Waals surface area contributed by atoms with E-state index in [9.17, 15) is 4.79 Å². The highest BCUT2D eigenvalue weighted by Gasteiger charge is 2.18. The molecule has 2 heteroatoms. The molecule has 0 saturated carbocycles. The van der Waals surface area contributed by atoms with E-state index in [1.807, 2.05) is 36.9 Å². The summed E-state index contributed by atoms with van der Waals surface area (Å²) in [5.41, 5.74) is 1.20. The third-order valence-electron chi connectivity index (χ3n) is 3.05. The summed E-state index contributed by atoms with van der Waals surface area (Å²) < 4.78 is 0. The second-order valence-electron chi connectivity index (χ2n) is 4.53. The van der Waals surface area contributed by atoms with Crippen molar-refractivity contribution >= 4 is 5.91 Å². The number of hydrogen-bond donors (Lipinski definition) is 0. The minimum atomic E-state index is 0.142. The molecule has 17 heavy (non-hydrogen) atoms. The van der Waals surface area contributed by atoms with E-state index in [1.165, 1.54) is 5.56 Å². The van der Waals surface area contributed by atoms with E-state index >= 15 is 0 Å². The molecule has 1 amide bonds. The lowest BCUT2D eigenvalue weighted by Crippen LogP contribution is -2.34. The first kappa shape index (κ1) is 13.8. The van der Waals surface area contributed by atoms with Gasteiger partial charge in [0.2, 0.25) is 5.91 Å². The van der Waals surface area contributed by atoms with Crippen LogP contribution in [-0.4, -0.2) is 17.4 Å². The van der Waals surface area contributed by atoms with Gasteiger partial charge in [0.25, 0.3) is 0 Å². The van der Waals surface area contributed by atoms with E-state index in [-0.39, 0.29) is 11.8 Å². The molecule has 1 atom stereocenters. The van der Waals surface area contributed by atoms with Gasteiger partial charge in [-0.15, -0.1) is 0 Å². The van der Waals surface area contributed by atoms with Gasteiger partial charge < -0.3 is 4.90 Å². The molecule has 0 radical (unpaired) electrons. The highest BCUT2D eigenvalue weighted by atomic mass is 16.2. The van der Waals surface area contributed by atoms with E-state index in [1.54, 1.807) is 0 Å². The summed E-state index contributed by atoms with van der Waals surface area (Å²) >= 11 is 0. The highest BCUT2D eigenvalue weighted by molar-refractivity contribution is 5.78. The van der Waals surface area contributed by atoms with Gasteiger partial charge in [-0.05, 0) is 18.9 Å². The van der Waals surface area contributed by atoms with Crippen LogP contribution >= 0.6 is 0 Å². The predicted octanol–water partition coefficient (Wildman–Crippen LogP) is 3.47. The zero-order valence-corrected chi connectivity index (χ0v) is 11.1. The van der Waals surface area contributed by atoms with Crippen LogP contribution in [-0.2, 0) is 11.3 Å². The Morgan fingerprint density at radius 3 is 2.41 bits per heavy atom. The smallest absolute Gasteiger partial charge is 0.225 e. The molecule has 0 aliphatic carbocycles. The standard InChI is InChI=1S/C15H23NO/c1-4-9-13(3)15(17)16(5-2)12-14-10-7-6-8-11-14/h6-8,10-11,13H,4-5,9,12H2,1-3H3. The zero-order chi connectivity index (χ0) is 12.7. The van der Waals surface area contributed by atoms with Crippen molar-refractivity contribution in [3.05, 3.63) is 35.9 Å². The lowest BCUT2D eigenvalue weighted by molar-refractivity contribution is -0.135. The second-order valence-corrected chi connectivity index (χ2v) is 4.53. The molecule has 1 rings (SSSR count). The molecule has 0 aliphatic heterocycles. The fraction of sp³-hybridized carbons (Fsp3) is 0.533. The SMILES string of the molecule is CCCC(C)C(=O)N(CC)Cc1ccccc1. The maximum Gasteiger partial charge on any atom is 0.225 e. The van der Waals surface area contributed by atoms with E-state index in [2.05, 4.69) is 19.1 Å². The molecule has 1 aromatic carbocycles. The van der Waals surface area contributed by atoms with Gasteiger partial charge in [0.05, 0.1) is 0 Å². The highest BCUT2D eigenvalue weighted by Crippen LogP contribution is 2.12. The van der Waals surface area contributed by atoms with Crippen LogP contribution in [0.2, 0.25) is 0 Å². The molecule has 0 fully saturated rings. The van der Waals surface area contributed by atoms with Gasteiger partial charge in [0, 0.05) is 19.0 Å². The fourth-order valence-corrected chi connectivity index (χ4v) is 2.02. The molecule has 0 bridgehead atoms. The molecule has 1 unspecified atom stereocenters. The average Bonchev–Trinajstić information content (AvgIpc) is 2.36. The number of carbonyl (C=O) groups excluding carboxylic acids is 1. The molecular weight excluding hydrogens is 210 g/mol. The molecule has 0 aliphatic rings. The van der Waals surface area contributed by atoms with Gasteiger partial charge in [-0.2, -0.15) is 0 Å². The number of hydrogen-bond acceptors (Lipinski definition) is 1. The lowest BCUT2D eigenvalue weighted by Gasteiger charge is -2.24. The van der Waals surface area contributed by atoms with E-state index in [4.69, 9.17) is 0 Å². The Labute approximate surface area is 105 Å². The topological polar surface area (TPSA) is 20.3 Å². The van der Waals surface area contributed by atoms with E-state index in [0.717, 1.165) is 25.9 Å². The minimum Gasteiger partial charge on any atom is -0.338 e. The largest absolute Gasteiger partial charge is 0.338 e. The van der Waals surface area contributed by atoms with Crippen molar-refractivity contribution in [2.45, 2.75) is 40.2 Å².